The summed E-state index contributed by atoms with van der Waals surface area (Å²) in [7, 11) is -2.74. The number of nitrogens with one attached hydrogen (secondary N) is 1. The molecular weight excluding hydrogens is 585 g/mol. The molecule has 0 fully saturated rings. The van der Waals surface area contributed by atoms with Crippen LogP contribution in [0.4, 0.5) is 5.69 Å². The summed E-state index contributed by atoms with van der Waals surface area (Å²) in [5.74, 6) is -0.374. The van der Waals surface area contributed by atoms with Gasteiger partial charge in [-0.1, -0.05) is 55.2 Å². The van der Waals surface area contributed by atoms with Gasteiger partial charge in [0, 0.05) is 22.6 Å². The van der Waals surface area contributed by atoms with Crippen molar-refractivity contribution in [2.75, 3.05) is 18.0 Å². The van der Waals surface area contributed by atoms with Crippen molar-refractivity contribution in [3.63, 3.8) is 0 Å². The molecule has 3 aromatic carbocycles. The van der Waals surface area contributed by atoms with E-state index >= 15 is 0 Å². The lowest BCUT2D eigenvalue weighted by molar-refractivity contribution is -0.140. The molecule has 0 saturated carbocycles. The van der Waals surface area contributed by atoms with Crippen LogP contribution in [0.1, 0.15) is 39.2 Å². The van der Waals surface area contributed by atoms with Gasteiger partial charge in [0.25, 0.3) is 10.0 Å². The molecule has 0 saturated heterocycles. The van der Waals surface area contributed by atoms with E-state index < -0.39 is 28.5 Å². The van der Waals surface area contributed by atoms with Crippen molar-refractivity contribution < 1.29 is 22.7 Å². The van der Waals surface area contributed by atoms with Crippen LogP contribution in [0.25, 0.3) is 0 Å². The largest absolute Gasteiger partial charge is 0.497 e. The van der Waals surface area contributed by atoms with E-state index in [9.17, 15) is 18.0 Å². The number of carbonyl (C=O) groups is 2. The Hall–Kier alpha value is -3.27. The van der Waals surface area contributed by atoms with E-state index in [1.165, 1.54) is 42.3 Å². The molecule has 0 aromatic heterocycles. The third-order valence-electron chi connectivity index (χ3n) is 6.68. The lowest BCUT2D eigenvalue weighted by Gasteiger charge is -2.33. The van der Waals surface area contributed by atoms with Gasteiger partial charge in [0.1, 0.15) is 18.3 Å². The fourth-order valence-corrected chi connectivity index (χ4v) is 5.90. The number of methoxy groups -OCH3 is 1. The molecule has 0 aliphatic rings. The molecule has 8 nitrogen and oxygen atoms in total. The topological polar surface area (TPSA) is 96.0 Å². The molecule has 3 aromatic rings. The third-order valence-corrected chi connectivity index (χ3v) is 8.95. The maximum absolute atomic E-state index is 14.1. The molecule has 0 radical (unpaired) electrons. The Morgan fingerprint density at radius 1 is 0.927 bits per heavy atom. The zero-order chi connectivity index (χ0) is 30.2. The number of amides is 2. The molecule has 0 aliphatic heterocycles. The number of sulfonamides is 1. The van der Waals surface area contributed by atoms with Crippen LogP contribution in [-0.2, 0) is 26.2 Å². The van der Waals surface area contributed by atoms with Gasteiger partial charge < -0.3 is 15.0 Å². The molecular formula is C30H35Cl2N3O5S. The predicted molar refractivity (Wildman–Crippen MR) is 163 cm³/mol. The summed E-state index contributed by atoms with van der Waals surface area (Å²) in [6.45, 7) is 5.17. The summed E-state index contributed by atoms with van der Waals surface area (Å²) in [5.41, 5.74) is 0.954. The molecule has 0 bridgehead atoms. The van der Waals surface area contributed by atoms with Crippen molar-refractivity contribution in [1.82, 2.24) is 10.2 Å². The first-order valence-electron chi connectivity index (χ1n) is 13.3. The van der Waals surface area contributed by atoms with Crippen LogP contribution in [-0.4, -0.2) is 50.9 Å². The van der Waals surface area contributed by atoms with Crippen molar-refractivity contribution >= 4 is 50.7 Å². The number of hydrogen-bond donors (Lipinski definition) is 1. The lowest BCUT2D eigenvalue weighted by atomic mass is 10.1. The van der Waals surface area contributed by atoms with E-state index in [1.54, 1.807) is 42.5 Å². The summed E-state index contributed by atoms with van der Waals surface area (Å²) in [6, 6.07) is 18.2. The highest BCUT2D eigenvalue weighted by atomic mass is 35.5. The monoisotopic (exact) mass is 619 g/mol. The minimum atomic E-state index is -4.22. The van der Waals surface area contributed by atoms with Crippen LogP contribution in [0, 0.1) is 0 Å². The molecule has 41 heavy (non-hydrogen) atoms. The van der Waals surface area contributed by atoms with Gasteiger partial charge in [-0.2, -0.15) is 0 Å². The highest BCUT2D eigenvalue weighted by molar-refractivity contribution is 7.92. The quantitative estimate of drug-likeness (QED) is 0.256. The van der Waals surface area contributed by atoms with Gasteiger partial charge in [0.05, 0.1) is 17.7 Å². The number of anilines is 1. The Bertz CT molecular complexity index is 1430. The van der Waals surface area contributed by atoms with Crippen LogP contribution < -0.4 is 14.4 Å². The van der Waals surface area contributed by atoms with Crippen molar-refractivity contribution in [2.45, 2.75) is 57.1 Å². The number of ether oxygens (including phenoxy) is 1. The summed E-state index contributed by atoms with van der Waals surface area (Å²) in [4.78, 5) is 28.8. The second kappa shape index (κ2) is 14.6. The van der Waals surface area contributed by atoms with Crippen LogP contribution >= 0.6 is 23.2 Å². The molecule has 0 heterocycles. The zero-order valence-corrected chi connectivity index (χ0v) is 25.8. The second-order valence-corrected chi connectivity index (χ2v) is 12.3. The number of halogens is 2. The van der Waals surface area contributed by atoms with E-state index in [0.717, 1.165) is 16.3 Å². The number of rotatable bonds is 13. The van der Waals surface area contributed by atoms with Gasteiger partial charge in [-0.3, -0.25) is 13.9 Å². The SMILES string of the molecule is CC[C@H](C(=O)N[C@@H](C)CC)N(Cc1ccc(Cl)cc1)C(=O)CN(c1cccc(Cl)c1)S(=O)(=O)c1ccc(OC)cc1. The number of hydrogen-bond acceptors (Lipinski definition) is 5. The van der Waals surface area contributed by atoms with Gasteiger partial charge in [-0.15, -0.1) is 0 Å². The van der Waals surface area contributed by atoms with Crippen molar-refractivity contribution in [2.24, 2.45) is 0 Å². The number of nitrogens with zero attached hydrogens (tertiary/aromatic N) is 2. The van der Waals surface area contributed by atoms with E-state index in [0.29, 0.717) is 22.2 Å². The molecule has 1 N–H and O–H groups in total. The summed E-state index contributed by atoms with van der Waals surface area (Å²) >= 11 is 12.3. The first kappa shape index (κ1) is 32.2. The minimum absolute atomic E-state index is 0.0307. The van der Waals surface area contributed by atoms with Crippen molar-refractivity contribution in [3.8, 4) is 5.75 Å². The molecule has 2 atom stereocenters. The smallest absolute Gasteiger partial charge is 0.264 e. The van der Waals surface area contributed by atoms with Gasteiger partial charge in [0.15, 0.2) is 0 Å². The average molecular weight is 621 g/mol. The summed E-state index contributed by atoms with van der Waals surface area (Å²) in [6.07, 6.45) is 1.04. The Kier molecular flexibility index (Phi) is 11.5. The summed E-state index contributed by atoms with van der Waals surface area (Å²) in [5, 5.41) is 3.80. The maximum atomic E-state index is 14.1. The Morgan fingerprint density at radius 2 is 1.59 bits per heavy atom. The number of carbonyl (C=O) groups excluding carboxylic acids is 2. The van der Waals surface area contributed by atoms with Crippen LogP contribution in [0.2, 0.25) is 10.0 Å². The van der Waals surface area contributed by atoms with E-state index in [2.05, 4.69) is 5.32 Å². The Labute approximate surface area is 252 Å². The second-order valence-electron chi connectivity index (χ2n) is 9.56. The standard InChI is InChI=1S/C30H35Cl2N3O5S/c1-5-21(3)33-30(37)28(6-2)34(19-22-10-12-23(31)13-11-22)29(36)20-35(25-9-7-8-24(32)18-25)41(38,39)27-16-14-26(40-4)15-17-27/h7-18,21,28H,5-6,19-20H2,1-4H3,(H,33,37)/t21-,28+/m0/s1. The molecule has 3 rings (SSSR count). The normalized spacial score (nSPS) is 12.7. The number of benzene rings is 3. The average Bonchev–Trinajstić information content (AvgIpc) is 2.96. The lowest BCUT2D eigenvalue weighted by Crippen LogP contribution is -2.53. The molecule has 0 aliphatic carbocycles. The van der Waals surface area contributed by atoms with E-state index in [1.807, 2.05) is 20.8 Å². The van der Waals surface area contributed by atoms with Crippen LogP contribution in [0.5, 0.6) is 5.75 Å². The van der Waals surface area contributed by atoms with E-state index in [-0.39, 0.29) is 29.1 Å². The molecule has 0 unspecified atom stereocenters. The van der Waals surface area contributed by atoms with Crippen molar-refractivity contribution in [3.05, 3.63) is 88.4 Å². The highest BCUT2D eigenvalue weighted by Crippen LogP contribution is 2.28. The highest BCUT2D eigenvalue weighted by Gasteiger charge is 2.34. The maximum Gasteiger partial charge on any atom is 0.264 e. The van der Waals surface area contributed by atoms with Gasteiger partial charge in [0.2, 0.25) is 11.8 Å². The Morgan fingerprint density at radius 3 is 2.15 bits per heavy atom. The minimum Gasteiger partial charge on any atom is -0.497 e. The van der Waals surface area contributed by atoms with E-state index in [4.69, 9.17) is 27.9 Å². The first-order chi connectivity index (χ1) is 19.5. The molecule has 220 valence electrons. The third kappa shape index (κ3) is 8.38. The first-order valence-corrected chi connectivity index (χ1v) is 15.5. The molecule has 0 spiro atoms. The van der Waals surface area contributed by atoms with Crippen molar-refractivity contribution in [1.29, 1.82) is 0 Å². The van der Waals surface area contributed by atoms with Gasteiger partial charge in [-0.25, -0.2) is 8.42 Å². The zero-order valence-electron chi connectivity index (χ0n) is 23.5. The Balaban J connectivity index is 2.06. The van der Waals surface area contributed by atoms with Gasteiger partial charge >= 0.3 is 0 Å². The van der Waals surface area contributed by atoms with Crippen LogP contribution in [0.15, 0.2) is 77.7 Å². The van der Waals surface area contributed by atoms with Crippen LogP contribution in [0.3, 0.4) is 0 Å². The fourth-order valence-electron chi connectivity index (χ4n) is 4.18. The molecule has 2 amide bonds. The fraction of sp³-hybridized carbons (Fsp3) is 0.333. The van der Waals surface area contributed by atoms with Gasteiger partial charge in [-0.05, 0) is 79.9 Å². The predicted octanol–water partition coefficient (Wildman–Crippen LogP) is 5.92. The molecule has 11 heteroatoms. The summed E-state index contributed by atoms with van der Waals surface area (Å²) < 4.78 is 34.0.